The van der Waals surface area contributed by atoms with Gasteiger partial charge in [-0.3, -0.25) is 9.59 Å². The van der Waals surface area contributed by atoms with Crippen LogP contribution in [0.5, 0.6) is 0 Å². The highest BCUT2D eigenvalue weighted by molar-refractivity contribution is 7.97. The van der Waals surface area contributed by atoms with Gasteiger partial charge in [-0.15, -0.1) is 11.3 Å². The van der Waals surface area contributed by atoms with Gasteiger partial charge in [0, 0.05) is 29.6 Å². The van der Waals surface area contributed by atoms with Crippen LogP contribution in [0.4, 0.5) is 0 Å². The van der Waals surface area contributed by atoms with E-state index in [1.165, 1.54) is 0 Å². The second-order valence-corrected chi connectivity index (χ2v) is 8.27. The minimum absolute atomic E-state index is 0.0560. The Morgan fingerprint density at radius 3 is 2.86 bits per heavy atom. The van der Waals surface area contributed by atoms with E-state index in [0.29, 0.717) is 19.5 Å². The molecule has 1 saturated heterocycles. The zero-order valence-electron chi connectivity index (χ0n) is 13.5. The first-order chi connectivity index (χ1) is 10.3. The van der Waals surface area contributed by atoms with Crippen molar-refractivity contribution < 1.29 is 9.59 Å². The Balaban J connectivity index is 1.86. The average Bonchev–Trinajstić information content (AvgIpc) is 3.02. The van der Waals surface area contributed by atoms with Crippen LogP contribution < -0.4 is 5.32 Å². The molecule has 0 aromatic carbocycles. The predicted molar refractivity (Wildman–Crippen MR) is 90.8 cm³/mol. The van der Waals surface area contributed by atoms with E-state index in [1.54, 1.807) is 28.0 Å². The predicted octanol–water partition coefficient (Wildman–Crippen LogP) is 2.27. The van der Waals surface area contributed by atoms with Crippen molar-refractivity contribution in [3.8, 4) is 0 Å². The summed E-state index contributed by atoms with van der Waals surface area (Å²) in [5.41, 5.74) is 0.660. The zero-order valence-corrected chi connectivity index (χ0v) is 15.1. The third kappa shape index (κ3) is 4.23. The molecule has 2 heterocycles. The van der Waals surface area contributed by atoms with Gasteiger partial charge in [-0.05, 0) is 27.0 Å². The van der Waals surface area contributed by atoms with Gasteiger partial charge >= 0.3 is 0 Å². The summed E-state index contributed by atoms with van der Waals surface area (Å²) in [6, 6.07) is 0. The number of rotatable bonds is 5. The molecule has 2 amide bonds. The number of aromatic nitrogens is 1. The van der Waals surface area contributed by atoms with Crippen molar-refractivity contribution in [2.75, 3.05) is 12.8 Å². The van der Waals surface area contributed by atoms with Crippen LogP contribution in [0.3, 0.4) is 0 Å². The van der Waals surface area contributed by atoms with E-state index in [1.807, 2.05) is 32.4 Å². The van der Waals surface area contributed by atoms with Crippen LogP contribution in [0.25, 0.3) is 0 Å². The van der Waals surface area contributed by atoms with Crippen molar-refractivity contribution in [1.82, 2.24) is 15.2 Å². The smallest absolute Gasteiger partial charge is 0.225 e. The van der Waals surface area contributed by atoms with Gasteiger partial charge in [0.25, 0.3) is 0 Å². The third-order valence-electron chi connectivity index (χ3n) is 3.62. The SMILES string of the molecule is CSCc1nc(CNC(=O)[C@H]2CC(=O)N(C(C)(C)C)C2)cs1. The molecule has 1 N–H and O–H groups in total. The fourth-order valence-corrected chi connectivity index (χ4v) is 3.99. The maximum Gasteiger partial charge on any atom is 0.225 e. The molecule has 1 aliphatic rings. The van der Waals surface area contributed by atoms with E-state index in [-0.39, 0.29) is 23.3 Å². The number of carbonyl (C=O) groups excluding carboxylic acids is 2. The fraction of sp³-hybridized carbons (Fsp3) is 0.667. The van der Waals surface area contributed by atoms with Crippen molar-refractivity contribution in [2.45, 2.75) is 45.0 Å². The molecule has 0 spiro atoms. The van der Waals surface area contributed by atoms with Gasteiger partial charge in [-0.2, -0.15) is 11.8 Å². The first-order valence-electron chi connectivity index (χ1n) is 7.31. The maximum atomic E-state index is 12.3. The van der Waals surface area contributed by atoms with E-state index in [2.05, 4.69) is 10.3 Å². The first kappa shape index (κ1) is 17.3. The molecule has 22 heavy (non-hydrogen) atoms. The summed E-state index contributed by atoms with van der Waals surface area (Å²) in [5.74, 6) is 0.648. The molecule has 7 heteroatoms. The number of nitrogens with zero attached hydrogens (tertiary/aromatic N) is 2. The van der Waals surface area contributed by atoms with E-state index < -0.39 is 0 Å². The van der Waals surface area contributed by atoms with Crippen molar-refractivity contribution >= 4 is 34.9 Å². The summed E-state index contributed by atoms with van der Waals surface area (Å²) in [6.07, 6.45) is 2.35. The molecule has 1 aliphatic heterocycles. The normalized spacial score (nSPS) is 18.8. The molecule has 0 aliphatic carbocycles. The number of thiazole rings is 1. The lowest BCUT2D eigenvalue weighted by molar-refractivity contribution is -0.132. The van der Waals surface area contributed by atoms with Crippen LogP contribution in [-0.2, 0) is 21.9 Å². The van der Waals surface area contributed by atoms with Crippen molar-refractivity contribution in [3.05, 3.63) is 16.1 Å². The quantitative estimate of drug-likeness (QED) is 0.892. The highest BCUT2D eigenvalue weighted by Crippen LogP contribution is 2.26. The summed E-state index contributed by atoms with van der Waals surface area (Å²) < 4.78 is 0. The minimum atomic E-state index is -0.254. The molecule has 0 saturated carbocycles. The zero-order chi connectivity index (χ0) is 16.3. The Kier molecular flexibility index (Phi) is 5.50. The van der Waals surface area contributed by atoms with E-state index >= 15 is 0 Å². The topological polar surface area (TPSA) is 62.3 Å². The Morgan fingerprint density at radius 1 is 1.55 bits per heavy atom. The summed E-state index contributed by atoms with van der Waals surface area (Å²) in [4.78, 5) is 30.5. The second kappa shape index (κ2) is 7.00. The first-order valence-corrected chi connectivity index (χ1v) is 9.59. The van der Waals surface area contributed by atoms with Crippen LogP contribution in [-0.4, -0.2) is 40.0 Å². The molecule has 1 atom stereocenters. The van der Waals surface area contributed by atoms with E-state index in [9.17, 15) is 9.59 Å². The Morgan fingerprint density at radius 2 is 2.27 bits per heavy atom. The lowest BCUT2D eigenvalue weighted by atomic mass is 10.1. The number of thioether (sulfide) groups is 1. The number of carbonyl (C=O) groups is 2. The van der Waals surface area contributed by atoms with Gasteiger partial charge < -0.3 is 10.2 Å². The Bertz CT molecular complexity index is 551. The lowest BCUT2D eigenvalue weighted by Crippen LogP contribution is -2.43. The van der Waals surface area contributed by atoms with E-state index in [4.69, 9.17) is 0 Å². The van der Waals surface area contributed by atoms with Gasteiger partial charge in [0.05, 0.1) is 18.2 Å². The number of amides is 2. The van der Waals surface area contributed by atoms with Crippen LogP contribution in [0.2, 0.25) is 0 Å². The van der Waals surface area contributed by atoms with Gasteiger partial charge in [0.15, 0.2) is 0 Å². The lowest BCUT2D eigenvalue weighted by Gasteiger charge is -2.31. The highest BCUT2D eigenvalue weighted by atomic mass is 32.2. The minimum Gasteiger partial charge on any atom is -0.350 e. The van der Waals surface area contributed by atoms with Crippen LogP contribution in [0, 0.1) is 5.92 Å². The summed E-state index contributed by atoms with van der Waals surface area (Å²) in [6.45, 7) is 6.92. The average molecular weight is 342 g/mol. The monoisotopic (exact) mass is 341 g/mol. The Labute approximate surface area is 139 Å². The van der Waals surface area contributed by atoms with Crippen LogP contribution in [0.1, 0.15) is 37.9 Å². The summed E-state index contributed by atoms with van der Waals surface area (Å²) in [5, 5.41) is 5.96. The molecule has 0 radical (unpaired) electrons. The highest BCUT2D eigenvalue weighted by Gasteiger charge is 2.39. The van der Waals surface area contributed by atoms with Gasteiger partial charge in [-0.25, -0.2) is 4.98 Å². The van der Waals surface area contributed by atoms with Crippen LogP contribution in [0.15, 0.2) is 5.38 Å². The maximum absolute atomic E-state index is 12.3. The molecular weight excluding hydrogens is 318 g/mol. The van der Waals surface area contributed by atoms with Gasteiger partial charge in [0.1, 0.15) is 5.01 Å². The third-order valence-corrected chi connectivity index (χ3v) is 5.26. The molecule has 2 rings (SSSR count). The largest absolute Gasteiger partial charge is 0.350 e. The number of hydrogen-bond acceptors (Lipinski definition) is 5. The second-order valence-electron chi connectivity index (χ2n) is 6.46. The summed E-state index contributed by atoms with van der Waals surface area (Å²) >= 11 is 3.35. The van der Waals surface area contributed by atoms with Crippen molar-refractivity contribution in [3.63, 3.8) is 0 Å². The van der Waals surface area contributed by atoms with E-state index in [0.717, 1.165) is 16.5 Å². The molecular formula is C15H23N3O2S2. The van der Waals surface area contributed by atoms with Crippen LogP contribution >= 0.6 is 23.1 Å². The molecule has 122 valence electrons. The molecule has 1 aromatic heterocycles. The number of likely N-dealkylation sites (tertiary alicyclic amines) is 1. The number of hydrogen-bond donors (Lipinski definition) is 1. The van der Waals surface area contributed by atoms with Gasteiger partial charge in [-0.1, -0.05) is 0 Å². The van der Waals surface area contributed by atoms with Crippen molar-refractivity contribution in [1.29, 1.82) is 0 Å². The molecule has 1 fully saturated rings. The molecule has 0 bridgehead atoms. The Hall–Kier alpha value is -1.08. The number of nitrogens with one attached hydrogen (secondary N) is 1. The molecule has 1 aromatic rings. The standard InChI is InChI=1S/C15H23N3O2S2/c1-15(2,3)18-7-10(5-13(18)19)14(20)16-6-11-8-22-12(17-11)9-21-4/h8,10H,5-7,9H2,1-4H3,(H,16,20)/t10-/m0/s1. The summed E-state index contributed by atoms with van der Waals surface area (Å²) in [7, 11) is 0. The molecule has 0 unspecified atom stereocenters. The van der Waals surface area contributed by atoms with Gasteiger partial charge in [0.2, 0.25) is 11.8 Å². The molecule has 5 nitrogen and oxygen atoms in total. The fourth-order valence-electron chi connectivity index (χ4n) is 2.47. The van der Waals surface area contributed by atoms with Crippen molar-refractivity contribution in [2.24, 2.45) is 5.92 Å².